The SMILES string of the molecule is CCC[C@H](C)NC(=O)CN(C1CCCCC1)S(=O)(=O)c1ccc(Br)cc1. The minimum Gasteiger partial charge on any atom is -0.353 e. The molecular formula is C19H29BrN2O3S. The van der Waals surface area contributed by atoms with Gasteiger partial charge in [-0.1, -0.05) is 48.5 Å². The van der Waals surface area contributed by atoms with Gasteiger partial charge in [-0.3, -0.25) is 4.79 Å². The summed E-state index contributed by atoms with van der Waals surface area (Å²) in [7, 11) is -3.71. The number of amides is 1. The molecule has 1 aliphatic carbocycles. The first-order chi connectivity index (χ1) is 12.3. The number of carbonyl (C=O) groups excluding carboxylic acids is 1. The number of sulfonamides is 1. The van der Waals surface area contributed by atoms with Crippen LogP contribution < -0.4 is 5.32 Å². The monoisotopic (exact) mass is 444 g/mol. The molecule has 0 radical (unpaired) electrons. The van der Waals surface area contributed by atoms with E-state index in [1.54, 1.807) is 24.3 Å². The van der Waals surface area contributed by atoms with Crippen molar-refractivity contribution >= 4 is 31.9 Å². The smallest absolute Gasteiger partial charge is 0.243 e. The van der Waals surface area contributed by atoms with Crippen molar-refractivity contribution in [3.05, 3.63) is 28.7 Å². The van der Waals surface area contributed by atoms with Crippen LogP contribution in [0.15, 0.2) is 33.6 Å². The summed E-state index contributed by atoms with van der Waals surface area (Å²) in [4.78, 5) is 12.7. The third kappa shape index (κ3) is 5.79. The van der Waals surface area contributed by atoms with Gasteiger partial charge in [-0.25, -0.2) is 8.42 Å². The highest BCUT2D eigenvalue weighted by molar-refractivity contribution is 9.10. The number of hydrogen-bond acceptors (Lipinski definition) is 3. The topological polar surface area (TPSA) is 66.5 Å². The van der Waals surface area contributed by atoms with Gasteiger partial charge in [0.05, 0.1) is 11.4 Å². The summed E-state index contributed by atoms with van der Waals surface area (Å²) in [5.74, 6) is -0.225. The predicted molar refractivity (Wildman–Crippen MR) is 107 cm³/mol. The number of hydrogen-bond donors (Lipinski definition) is 1. The summed E-state index contributed by atoms with van der Waals surface area (Å²) in [6, 6.07) is 6.56. The Morgan fingerprint density at radius 1 is 1.23 bits per heavy atom. The molecule has 1 N–H and O–H groups in total. The second kappa shape index (κ2) is 9.85. The van der Waals surface area contributed by atoms with Gasteiger partial charge in [-0.2, -0.15) is 4.31 Å². The van der Waals surface area contributed by atoms with E-state index in [0.717, 1.165) is 49.4 Å². The first-order valence-corrected chi connectivity index (χ1v) is 11.6. The maximum Gasteiger partial charge on any atom is 0.243 e. The van der Waals surface area contributed by atoms with Gasteiger partial charge in [0.2, 0.25) is 15.9 Å². The van der Waals surface area contributed by atoms with E-state index in [1.807, 2.05) is 6.92 Å². The van der Waals surface area contributed by atoms with Gasteiger partial charge < -0.3 is 5.32 Å². The molecule has 1 amide bonds. The van der Waals surface area contributed by atoms with Crippen LogP contribution in [0.1, 0.15) is 58.8 Å². The Morgan fingerprint density at radius 3 is 2.42 bits per heavy atom. The molecule has 0 unspecified atom stereocenters. The number of rotatable bonds is 8. The predicted octanol–water partition coefficient (Wildman–Crippen LogP) is 4.08. The molecule has 146 valence electrons. The molecule has 0 spiro atoms. The van der Waals surface area contributed by atoms with Crippen LogP contribution in [0.5, 0.6) is 0 Å². The highest BCUT2D eigenvalue weighted by Gasteiger charge is 2.34. The Kier molecular flexibility index (Phi) is 8.10. The molecule has 2 rings (SSSR count). The first kappa shape index (κ1) is 21.4. The summed E-state index contributed by atoms with van der Waals surface area (Å²) in [6.07, 6.45) is 6.62. The zero-order chi connectivity index (χ0) is 19.2. The van der Waals surface area contributed by atoms with Gasteiger partial charge >= 0.3 is 0 Å². The Hall–Kier alpha value is -0.920. The van der Waals surface area contributed by atoms with Crippen LogP contribution in [0.4, 0.5) is 0 Å². The van der Waals surface area contributed by atoms with E-state index >= 15 is 0 Å². The van der Waals surface area contributed by atoms with E-state index in [9.17, 15) is 13.2 Å². The van der Waals surface area contributed by atoms with Crippen LogP contribution in [-0.4, -0.2) is 37.3 Å². The molecule has 26 heavy (non-hydrogen) atoms. The van der Waals surface area contributed by atoms with Crippen molar-refractivity contribution in [2.45, 2.75) is 75.8 Å². The molecule has 0 saturated heterocycles. The molecule has 1 aliphatic rings. The van der Waals surface area contributed by atoms with Crippen LogP contribution in [0.25, 0.3) is 0 Å². The molecule has 1 atom stereocenters. The Morgan fingerprint density at radius 2 is 1.85 bits per heavy atom. The molecular weight excluding hydrogens is 416 g/mol. The summed E-state index contributed by atoms with van der Waals surface area (Å²) in [5, 5.41) is 2.93. The Bertz CT molecular complexity index is 685. The standard InChI is InChI=1S/C19H29BrN2O3S/c1-3-7-15(2)21-19(23)14-22(17-8-5-4-6-9-17)26(24,25)18-12-10-16(20)11-13-18/h10-13,15,17H,3-9,14H2,1-2H3,(H,21,23)/t15-/m0/s1. The van der Waals surface area contributed by atoms with E-state index in [-0.39, 0.29) is 29.4 Å². The summed E-state index contributed by atoms with van der Waals surface area (Å²) in [6.45, 7) is 3.90. The molecule has 7 heteroatoms. The van der Waals surface area contributed by atoms with E-state index in [0.29, 0.717) is 0 Å². The zero-order valence-electron chi connectivity index (χ0n) is 15.6. The second-order valence-electron chi connectivity index (χ2n) is 7.05. The van der Waals surface area contributed by atoms with Crippen molar-refractivity contribution in [2.75, 3.05) is 6.54 Å². The molecule has 0 aromatic heterocycles. The molecule has 1 aromatic carbocycles. The molecule has 1 aromatic rings. The highest BCUT2D eigenvalue weighted by Crippen LogP contribution is 2.28. The molecule has 5 nitrogen and oxygen atoms in total. The third-order valence-electron chi connectivity index (χ3n) is 4.83. The number of halogens is 1. The third-order valence-corrected chi connectivity index (χ3v) is 7.27. The van der Waals surface area contributed by atoms with Crippen LogP contribution >= 0.6 is 15.9 Å². The van der Waals surface area contributed by atoms with E-state index in [1.165, 1.54) is 4.31 Å². The lowest BCUT2D eigenvalue weighted by molar-refractivity contribution is -0.122. The number of benzene rings is 1. The van der Waals surface area contributed by atoms with Crippen LogP contribution in [-0.2, 0) is 14.8 Å². The van der Waals surface area contributed by atoms with E-state index in [2.05, 4.69) is 28.2 Å². The zero-order valence-corrected chi connectivity index (χ0v) is 18.0. The largest absolute Gasteiger partial charge is 0.353 e. The van der Waals surface area contributed by atoms with Crippen LogP contribution in [0.3, 0.4) is 0 Å². The summed E-state index contributed by atoms with van der Waals surface area (Å²) < 4.78 is 28.7. The first-order valence-electron chi connectivity index (χ1n) is 9.41. The molecule has 1 fully saturated rings. The fraction of sp³-hybridized carbons (Fsp3) is 0.632. The summed E-state index contributed by atoms with van der Waals surface area (Å²) in [5.41, 5.74) is 0. The van der Waals surface area contributed by atoms with Gasteiger partial charge in [-0.05, 0) is 50.5 Å². The van der Waals surface area contributed by atoms with Gasteiger partial charge in [-0.15, -0.1) is 0 Å². The highest BCUT2D eigenvalue weighted by atomic mass is 79.9. The number of carbonyl (C=O) groups is 1. The molecule has 1 saturated carbocycles. The maximum atomic E-state index is 13.2. The number of nitrogens with one attached hydrogen (secondary N) is 1. The van der Waals surface area contributed by atoms with Crippen molar-refractivity contribution in [2.24, 2.45) is 0 Å². The lowest BCUT2D eigenvalue weighted by atomic mass is 9.95. The van der Waals surface area contributed by atoms with Crippen LogP contribution in [0, 0.1) is 0 Å². The fourth-order valence-corrected chi connectivity index (χ4v) is 5.39. The van der Waals surface area contributed by atoms with Crippen molar-refractivity contribution < 1.29 is 13.2 Å². The number of nitrogens with zero attached hydrogens (tertiary/aromatic N) is 1. The van der Waals surface area contributed by atoms with E-state index in [4.69, 9.17) is 0 Å². The van der Waals surface area contributed by atoms with E-state index < -0.39 is 10.0 Å². The van der Waals surface area contributed by atoms with Crippen molar-refractivity contribution in [3.8, 4) is 0 Å². The lowest BCUT2D eigenvalue weighted by Gasteiger charge is -2.33. The Balaban J connectivity index is 2.22. The van der Waals surface area contributed by atoms with Crippen molar-refractivity contribution in [3.63, 3.8) is 0 Å². The van der Waals surface area contributed by atoms with Gasteiger partial charge in [0.1, 0.15) is 0 Å². The quantitative estimate of drug-likeness (QED) is 0.656. The van der Waals surface area contributed by atoms with Crippen molar-refractivity contribution in [1.29, 1.82) is 0 Å². The molecule has 0 aliphatic heterocycles. The fourth-order valence-electron chi connectivity index (χ4n) is 3.49. The summed E-state index contributed by atoms with van der Waals surface area (Å²) >= 11 is 3.34. The van der Waals surface area contributed by atoms with Crippen molar-refractivity contribution in [1.82, 2.24) is 9.62 Å². The van der Waals surface area contributed by atoms with Crippen LogP contribution in [0.2, 0.25) is 0 Å². The molecule has 0 bridgehead atoms. The van der Waals surface area contributed by atoms with Gasteiger partial charge in [0.15, 0.2) is 0 Å². The average molecular weight is 445 g/mol. The minimum atomic E-state index is -3.71. The normalized spacial score (nSPS) is 17.2. The second-order valence-corrected chi connectivity index (χ2v) is 9.86. The van der Waals surface area contributed by atoms with Gasteiger partial charge in [0.25, 0.3) is 0 Å². The molecule has 0 heterocycles. The minimum absolute atomic E-state index is 0.0519. The average Bonchev–Trinajstić information content (AvgIpc) is 2.61. The lowest BCUT2D eigenvalue weighted by Crippen LogP contribution is -2.48. The maximum absolute atomic E-state index is 13.2. The van der Waals surface area contributed by atoms with Gasteiger partial charge in [0, 0.05) is 16.6 Å². The Labute approximate surface area is 165 Å².